The maximum absolute atomic E-state index is 11.1. The number of carbonyl (C=O) groups is 2. The predicted octanol–water partition coefficient (Wildman–Crippen LogP) is 4.18. The standard InChI is InChI=1S/C16H15NO.C9H17NO2/c1-13(18)12-17-16(14-8-4-2-5-9-14)15-10-6-3-7-11-15;1-2-12-9(11)8(10)6-7-4-3-5-7/h2-11H,12H2,1H3;7-8H,2-6,10H2,1H3. The van der Waals surface area contributed by atoms with Crippen molar-refractivity contribution in [2.75, 3.05) is 13.2 Å². The van der Waals surface area contributed by atoms with Gasteiger partial charge in [0.1, 0.15) is 6.04 Å². The molecule has 0 saturated heterocycles. The molecule has 1 aliphatic rings. The van der Waals surface area contributed by atoms with Gasteiger partial charge in [-0.1, -0.05) is 79.9 Å². The van der Waals surface area contributed by atoms with E-state index < -0.39 is 6.04 Å². The van der Waals surface area contributed by atoms with Gasteiger partial charge in [0, 0.05) is 11.1 Å². The second-order valence-corrected chi connectivity index (χ2v) is 7.49. The zero-order valence-corrected chi connectivity index (χ0v) is 17.9. The highest BCUT2D eigenvalue weighted by molar-refractivity contribution is 6.13. The topological polar surface area (TPSA) is 81.8 Å². The Balaban J connectivity index is 0.000000232. The van der Waals surface area contributed by atoms with Gasteiger partial charge in [-0.2, -0.15) is 0 Å². The van der Waals surface area contributed by atoms with E-state index >= 15 is 0 Å². The number of Topliss-reactive ketones (excluding diaryl/α,β-unsaturated/α-hetero) is 1. The largest absolute Gasteiger partial charge is 0.465 e. The fourth-order valence-corrected chi connectivity index (χ4v) is 3.16. The van der Waals surface area contributed by atoms with Gasteiger partial charge in [-0.05, 0) is 26.2 Å². The van der Waals surface area contributed by atoms with Gasteiger partial charge in [0.2, 0.25) is 0 Å². The van der Waals surface area contributed by atoms with Gasteiger partial charge in [0.25, 0.3) is 0 Å². The fourth-order valence-electron chi connectivity index (χ4n) is 3.16. The molecule has 160 valence electrons. The smallest absolute Gasteiger partial charge is 0.322 e. The molecule has 2 N–H and O–H groups in total. The predicted molar refractivity (Wildman–Crippen MR) is 121 cm³/mol. The Kier molecular flexibility index (Phi) is 9.95. The maximum Gasteiger partial charge on any atom is 0.322 e. The number of hydrogen-bond acceptors (Lipinski definition) is 5. The summed E-state index contributed by atoms with van der Waals surface area (Å²) in [7, 11) is 0. The number of esters is 1. The molecule has 0 bridgehead atoms. The van der Waals surface area contributed by atoms with Gasteiger partial charge < -0.3 is 10.5 Å². The van der Waals surface area contributed by atoms with E-state index in [0.717, 1.165) is 23.3 Å². The summed E-state index contributed by atoms with van der Waals surface area (Å²) in [5.41, 5.74) is 8.57. The number of nitrogens with zero attached hydrogens (tertiary/aromatic N) is 1. The molecule has 1 atom stereocenters. The van der Waals surface area contributed by atoms with E-state index in [0.29, 0.717) is 12.5 Å². The molecule has 3 rings (SSSR count). The molecule has 1 aliphatic carbocycles. The molecule has 0 aliphatic heterocycles. The van der Waals surface area contributed by atoms with Crippen LogP contribution in [0.2, 0.25) is 0 Å². The molecule has 5 nitrogen and oxygen atoms in total. The first-order valence-electron chi connectivity index (χ1n) is 10.6. The van der Waals surface area contributed by atoms with Crippen LogP contribution < -0.4 is 5.73 Å². The van der Waals surface area contributed by atoms with Crippen LogP contribution in [0.1, 0.15) is 50.7 Å². The molecule has 30 heavy (non-hydrogen) atoms. The van der Waals surface area contributed by atoms with Gasteiger partial charge in [-0.3, -0.25) is 14.6 Å². The zero-order valence-electron chi connectivity index (χ0n) is 17.9. The molecule has 2 aromatic rings. The van der Waals surface area contributed by atoms with E-state index in [4.69, 9.17) is 10.5 Å². The lowest BCUT2D eigenvalue weighted by Gasteiger charge is -2.27. The summed E-state index contributed by atoms with van der Waals surface area (Å²) in [6, 6.07) is 19.5. The minimum absolute atomic E-state index is 0.0689. The summed E-state index contributed by atoms with van der Waals surface area (Å²) in [5.74, 6) is 0.494. The molecule has 0 aromatic heterocycles. The van der Waals surface area contributed by atoms with E-state index in [2.05, 4.69) is 4.99 Å². The van der Waals surface area contributed by atoms with Crippen molar-refractivity contribution >= 4 is 17.5 Å². The second-order valence-electron chi connectivity index (χ2n) is 7.49. The molecule has 1 fully saturated rings. The first-order valence-corrected chi connectivity index (χ1v) is 10.6. The van der Waals surface area contributed by atoms with Crippen LogP contribution in [-0.4, -0.2) is 36.7 Å². The number of nitrogens with two attached hydrogens (primary N) is 1. The lowest BCUT2D eigenvalue weighted by molar-refractivity contribution is -0.145. The molecule has 1 saturated carbocycles. The highest BCUT2D eigenvalue weighted by Gasteiger charge is 2.24. The van der Waals surface area contributed by atoms with Crippen molar-refractivity contribution < 1.29 is 14.3 Å². The average Bonchev–Trinajstić information content (AvgIpc) is 2.73. The summed E-state index contributed by atoms with van der Waals surface area (Å²) in [6.45, 7) is 4.00. The highest BCUT2D eigenvalue weighted by Crippen LogP contribution is 2.30. The fraction of sp³-hybridized carbons (Fsp3) is 0.400. The van der Waals surface area contributed by atoms with Crippen LogP contribution in [0.3, 0.4) is 0 Å². The first-order chi connectivity index (χ1) is 14.5. The maximum atomic E-state index is 11.1. The van der Waals surface area contributed by atoms with E-state index in [-0.39, 0.29) is 18.3 Å². The molecule has 0 radical (unpaired) electrons. The molecular weight excluding hydrogens is 376 g/mol. The van der Waals surface area contributed by atoms with Gasteiger partial charge in [-0.15, -0.1) is 0 Å². The minimum Gasteiger partial charge on any atom is -0.465 e. The number of ether oxygens (including phenoxy) is 1. The van der Waals surface area contributed by atoms with Crippen molar-refractivity contribution in [1.29, 1.82) is 0 Å². The summed E-state index contributed by atoms with van der Waals surface area (Å²) in [4.78, 5) is 26.6. The van der Waals surface area contributed by atoms with Crippen molar-refractivity contribution in [3.8, 4) is 0 Å². The SMILES string of the molecule is CC(=O)CN=C(c1ccccc1)c1ccccc1.CCOC(=O)C(N)CC1CCC1. The molecular formula is C25H32N2O3. The number of aliphatic imine (C=N–C) groups is 1. The van der Waals surface area contributed by atoms with Gasteiger partial charge >= 0.3 is 5.97 Å². The number of rotatable bonds is 8. The lowest BCUT2D eigenvalue weighted by atomic mass is 9.81. The third-order valence-electron chi connectivity index (χ3n) is 4.96. The average molecular weight is 409 g/mol. The Hall–Kier alpha value is -2.79. The molecule has 2 aromatic carbocycles. The van der Waals surface area contributed by atoms with Crippen LogP contribution in [0.25, 0.3) is 0 Å². The summed E-state index contributed by atoms with van der Waals surface area (Å²) in [6.07, 6.45) is 4.55. The Bertz CT molecular complexity index is 773. The zero-order chi connectivity index (χ0) is 21.8. The van der Waals surface area contributed by atoms with E-state index in [1.165, 1.54) is 19.3 Å². The Labute approximate surface area is 179 Å². The van der Waals surface area contributed by atoms with Crippen molar-refractivity contribution in [2.24, 2.45) is 16.6 Å². The third-order valence-corrected chi connectivity index (χ3v) is 4.96. The Morgan fingerprint density at radius 1 is 1.03 bits per heavy atom. The molecule has 0 amide bonds. The number of hydrogen-bond donors (Lipinski definition) is 1. The Morgan fingerprint density at radius 3 is 1.97 bits per heavy atom. The van der Waals surface area contributed by atoms with Crippen LogP contribution in [-0.2, 0) is 14.3 Å². The normalized spacial score (nSPS) is 13.8. The molecule has 0 heterocycles. The first kappa shape index (κ1) is 23.5. The summed E-state index contributed by atoms with van der Waals surface area (Å²) < 4.78 is 4.81. The quantitative estimate of drug-likeness (QED) is 0.525. The minimum atomic E-state index is -0.393. The van der Waals surface area contributed by atoms with E-state index in [1.807, 2.05) is 60.7 Å². The number of benzene rings is 2. The molecule has 5 heteroatoms. The van der Waals surface area contributed by atoms with Crippen molar-refractivity contribution in [1.82, 2.24) is 0 Å². The van der Waals surface area contributed by atoms with Crippen LogP contribution in [0.15, 0.2) is 65.7 Å². The monoisotopic (exact) mass is 408 g/mol. The summed E-state index contributed by atoms with van der Waals surface area (Å²) in [5, 5.41) is 0. The van der Waals surface area contributed by atoms with Gasteiger partial charge in [-0.25, -0.2) is 0 Å². The molecule has 0 spiro atoms. The van der Waals surface area contributed by atoms with Crippen molar-refractivity contribution in [3.63, 3.8) is 0 Å². The second kappa shape index (κ2) is 12.7. The van der Waals surface area contributed by atoms with Crippen LogP contribution in [0.5, 0.6) is 0 Å². The Morgan fingerprint density at radius 2 is 1.57 bits per heavy atom. The van der Waals surface area contributed by atoms with Crippen LogP contribution in [0, 0.1) is 5.92 Å². The van der Waals surface area contributed by atoms with Crippen LogP contribution in [0.4, 0.5) is 0 Å². The number of ketones is 1. The van der Waals surface area contributed by atoms with Crippen molar-refractivity contribution in [3.05, 3.63) is 71.8 Å². The lowest BCUT2D eigenvalue weighted by Crippen LogP contribution is -2.35. The number of carbonyl (C=O) groups excluding carboxylic acids is 2. The van der Waals surface area contributed by atoms with E-state index in [1.54, 1.807) is 13.8 Å². The molecule has 1 unspecified atom stereocenters. The van der Waals surface area contributed by atoms with Gasteiger partial charge in [0.15, 0.2) is 5.78 Å². The van der Waals surface area contributed by atoms with Gasteiger partial charge in [0.05, 0.1) is 18.9 Å². The van der Waals surface area contributed by atoms with E-state index in [9.17, 15) is 9.59 Å². The van der Waals surface area contributed by atoms with Crippen LogP contribution >= 0.6 is 0 Å². The highest BCUT2D eigenvalue weighted by atomic mass is 16.5. The third kappa shape index (κ3) is 7.91. The summed E-state index contributed by atoms with van der Waals surface area (Å²) >= 11 is 0. The van der Waals surface area contributed by atoms with Crippen molar-refractivity contribution in [2.45, 2.75) is 45.6 Å².